The van der Waals surface area contributed by atoms with Crippen LogP contribution in [0.3, 0.4) is 0 Å². The lowest BCUT2D eigenvalue weighted by atomic mass is 9.85. The van der Waals surface area contributed by atoms with E-state index < -0.39 is 63.1 Å². The van der Waals surface area contributed by atoms with Gasteiger partial charge in [-0.15, -0.1) is 0 Å². The first-order valence-corrected chi connectivity index (χ1v) is 29.9. The number of aliphatic hydroxyl groups is 5. The molecule has 0 radical (unpaired) electrons. The summed E-state index contributed by atoms with van der Waals surface area (Å²) in [5.74, 6) is -0.488. The molecule has 1 aliphatic carbocycles. The molecule has 0 aromatic carbocycles. The highest BCUT2D eigenvalue weighted by Gasteiger charge is 2.51. The van der Waals surface area contributed by atoms with Crippen molar-refractivity contribution in [1.29, 1.82) is 0 Å². The number of phosphoric acid groups is 1. The van der Waals surface area contributed by atoms with Gasteiger partial charge in [0.05, 0.1) is 13.2 Å². The number of allylic oxidation sites excluding steroid dienone is 14. The van der Waals surface area contributed by atoms with E-state index in [0.29, 0.717) is 13.0 Å². The number of aliphatic hydroxyl groups excluding tert-OH is 5. The van der Waals surface area contributed by atoms with Crippen LogP contribution in [0.1, 0.15) is 219 Å². The molecule has 0 saturated heterocycles. The summed E-state index contributed by atoms with van der Waals surface area (Å²) in [6.45, 7) is 4.12. The van der Waals surface area contributed by atoms with Gasteiger partial charge >= 0.3 is 13.8 Å². The molecule has 0 spiro atoms. The average Bonchev–Trinajstić information content (AvgIpc) is 3.37. The van der Waals surface area contributed by atoms with Crippen LogP contribution in [0.15, 0.2) is 85.1 Å². The van der Waals surface area contributed by atoms with Crippen molar-refractivity contribution >= 4 is 13.8 Å². The van der Waals surface area contributed by atoms with Crippen LogP contribution in [0.5, 0.6) is 0 Å². The summed E-state index contributed by atoms with van der Waals surface area (Å²) >= 11 is 0. The van der Waals surface area contributed by atoms with E-state index in [4.69, 9.17) is 18.5 Å². The van der Waals surface area contributed by atoms with Crippen LogP contribution in [0.25, 0.3) is 0 Å². The molecule has 1 aliphatic rings. The molecular formula is C59H103O12P. The summed E-state index contributed by atoms with van der Waals surface area (Å²) in [5, 5.41) is 50.4. The van der Waals surface area contributed by atoms with Crippen molar-refractivity contribution in [3.8, 4) is 0 Å². The molecule has 6 unspecified atom stereocenters. The minimum absolute atomic E-state index is 0.0949. The van der Waals surface area contributed by atoms with E-state index in [1.807, 2.05) is 0 Å². The Labute approximate surface area is 437 Å². The Morgan fingerprint density at radius 1 is 0.458 bits per heavy atom. The minimum atomic E-state index is -5.04. The molecule has 0 aromatic heterocycles. The number of hydrogen-bond acceptors (Lipinski definition) is 11. The Bertz CT molecular complexity index is 1510. The first kappa shape index (κ1) is 67.5. The highest BCUT2D eigenvalue weighted by atomic mass is 31.2. The number of hydrogen-bond donors (Lipinski definition) is 6. The average molecular weight is 1040 g/mol. The van der Waals surface area contributed by atoms with Crippen molar-refractivity contribution in [2.75, 3.05) is 19.8 Å². The molecule has 72 heavy (non-hydrogen) atoms. The molecule has 0 aliphatic heterocycles. The first-order chi connectivity index (χ1) is 35.0. The van der Waals surface area contributed by atoms with Crippen LogP contribution in [-0.4, -0.2) is 98.9 Å². The third kappa shape index (κ3) is 39.0. The molecule has 0 heterocycles. The van der Waals surface area contributed by atoms with Gasteiger partial charge in [0, 0.05) is 13.0 Å². The van der Waals surface area contributed by atoms with Crippen molar-refractivity contribution < 1.29 is 58.3 Å². The van der Waals surface area contributed by atoms with E-state index in [1.165, 1.54) is 96.3 Å². The lowest BCUT2D eigenvalue weighted by Crippen LogP contribution is -2.64. The van der Waals surface area contributed by atoms with E-state index >= 15 is 0 Å². The van der Waals surface area contributed by atoms with Crippen LogP contribution in [0, 0.1) is 0 Å². The minimum Gasteiger partial charge on any atom is -0.457 e. The predicted octanol–water partition coefficient (Wildman–Crippen LogP) is 13.7. The Morgan fingerprint density at radius 2 is 0.819 bits per heavy atom. The molecule has 1 saturated carbocycles. The Hall–Kier alpha value is -2.48. The van der Waals surface area contributed by atoms with Crippen LogP contribution < -0.4 is 0 Å². The van der Waals surface area contributed by atoms with Gasteiger partial charge in [-0.1, -0.05) is 208 Å². The van der Waals surface area contributed by atoms with Gasteiger partial charge < -0.3 is 39.9 Å². The van der Waals surface area contributed by atoms with Gasteiger partial charge in [-0.3, -0.25) is 13.8 Å². The van der Waals surface area contributed by atoms with Crippen molar-refractivity contribution in [2.24, 2.45) is 0 Å². The quantitative estimate of drug-likeness (QED) is 0.0146. The molecule has 1 fully saturated rings. The van der Waals surface area contributed by atoms with E-state index in [1.54, 1.807) is 0 Å². The highest BCUT2D eigenvalue weighted by Crippen LogP contribution is 2.47. The topological polar surface area (TPSA) is 192 Å². The fourth-order valence-corrected chi connectivity index (χ4v) is 9.27. The first-order valence-electron chi connectivity index (χ1n) is 28.4. The molecular weight excluding hydrogens is 932 g/mol. The normalized spacial score (nSPS) is 21.3. The van der Waals surface area contributed by atoms with Crippen molar-refractivity contribution in [1.82, 2.24) is 0 Å². The molecule has 6 atom stereocenters. The fraction of sp³-hybridized carbons (Fsp3) is 0.746. The Balaban J connectivity index is 2.33. The molecule has 12 nitrogen and oxygen atoms in total. The zero-order valence-corrected chi connectivity index (χ0v) is 45.8. The molecule has 0 bridgehead atoms. The summed E-state index contributed by atoms with van der Waals surface area (Å²) in [7, 11) is -5.04. The van der Waals surface area contributed by atoms with Crippen molar-refractivity contribution in [3.05, 3.63) is 85.1 Å². The smallest absolute Gasteiger partial charge is 0.457 e. The number of esters is 1. The second-order valence-corrected chi connectivity index (χ2v) is 20.8. The van der Waals surface area contributed by atoms with Gasteiger partial charge in [0.1, 0.15) is 42.7 Å². The fourth-order valence-electron chi connectivity index (χ4n) is 8.30. The van der Waals surface area contributed by atoms with Gasteiger partial charge in [0.15, 0.2) is 0 Å². The lowest BCUT2D eigenvalue weighted by molar-refractivity contribution is -0.220. The van der Waals surface area contributed by atoms with E-state index in [9.17, 15) is 39.8 Å². The van der Waals surface area contributed by atoms with E-state index in [-0.39, 0.29) is 13.0 Å². The summed E-state index contributed by atoms with van der Waals surface area (Å²) < 4.78 is 34.4. The maximum Gasteiger partial charge on any atom is 0.472 e. The summed E-state index contributed by atoms with van der Waals surface area (Å²) in [4.78, 5) is 23.3. The number of unbranched alkanes of at least 4 members (excludes halogenated alkanes) is 22. The SMILES string of the molecule is CC/C=C\C/C=C\C/C=C\C/C=C\C/C=C\C/C=C\CCCCCCCOCC(COP(=O)(O)OC1C(O)C(O)C(O)C(O)C1O)OC(=O)CCCCCCCCCCC/C=C\CCCCCCCCCC. The second-order valence-electron chi connectivity index (χ2n) is 19.4. The zero-order valence-electron chi connectivity index (χ0n) is 45.0. The molecule has 0 amide bonds. The number of carbonyl (C=O) groups is 1. The van der Waals surface area contributed by atoms with Crippen LogP contribution in [-0.2, 0) is 27.9 Å². The second kappa shape index (κ2) is 48.2. The number of phosphoric ester groups is 1. The molecule has 13 heteroatoms. The van der Waals surface area contributed by atoms with Gasteiger partial charge in [-0.05, 0) is 89.9 Å². The molecule has 6 N–H and O–H groups in total. The number of rotatable bonds is 48. The van der Waals surface area contributed by atoms with Crippen molar-refractivity contribution in [2.45, 2.75) is 262 Å². The van der Waals surface area contributed by atoms with Crippen molar-refractivity contribution in [3.63, 3.8) is 0 Å². The van der Waals surface area contributed by atoms with Crippen LogP contribution in [0.4, 0.5) is 0 Å². The Morgan fingerprint density at radius 3 is 1.26 bits per heavy atom. The van der Waals surface area contributed by atoms with Crippen LogP contribution in [0.2, 0.25) is 0 Å². The Kier molecular flexibility index (Phi) is 45.2. The van der Waals surface area contributed by atoms with Gasteiger partial charge in [0.2, 0.25) is 0 Å². The number of carbonyl (C=O) groups excluding carboxylic acids is 1. The highest BCUT2D eigenvalue weighted by molar-refractivity contribution is 7.47. The maximum absolute atomic E-state index is 12.9. The maximum atomic E-state index is 12.9. The molecule has 1 rings (SSSR count). The third-order valence-electron chi connectivity index (χ3n) is 12.8. The van der Waals surface area contributed by atoms with E-state index in [2.05, 4.69) is 98.9 Å². The zero-order chi connectivity index (χ0) is 52.6. The monoisotopic (exact) mass is 1030 g/mol. The van der Waals surface area contributed by atoms with Gasteiger partial charge in [-0.2, -0.15) is 0 Å². The molecule has 416 valence electrons. The van der Waals surface area contributed by atoms with Gasteiger partial charge in [0.25, 0.3) is 0 Å². The standard InChI is InChI=1S/C59H103O12P/c1-3-5-7-9-11-13-15-17-19-21-23-25-26-27-29-31-33-35-37-39-41-43-45-47-49-68-50-52(51-69-72(66,67)71-59-57(64)55(62)54(61)56(63)58(59)65)70-53(60)48-46-44-42-40-38-36-34-32-30-28-24-22-20-18-16-14-12-10-8-6-4-2/h5,7,11,13,17,19,22-25,27,29,33,35,52,54-59,61-65H,3-4,6,8-10,12,14-16,18,20-21,26,28,30-32,34,36-51H2,1-2H3,(H,66,67)/b7-5-,13-11-,19-17-,24-22-,25-23-,29-27-,35-33-. The summed E-state index contributed by atoms with van der Waals surface area (Å²) in [5.41, 5.74) is 0. The van der Waals surface area contributed by atoms with Gasteiger partial charge in [-0.25, -0.2) is 4.57 Å². The molecule has 0 aromatic rings. The summed E-state index contributed by atoms with van der Waals surface area (Å²) in [6.07, 6.45) is 53.6. The lowest BCUT2D eigenvalue weighted by Gasteiger charge is -2.41. The predicted molar refractivity (Wildman–Crippen MR) is 294 cm³/mol. The van der Waals surface area contributed by atoms with Crippen LogP contribution >= 0.6 is 7.82 Å². The van der Waals surface area contributed by atoms with E-state index in [0.717, 1.165) is 96.3 Å². The summed E-state index contributed by atoms with van der Waals surface area (Å²) in [6, 6.07) is 0. The third-order valence-corrected chi connectivity index (χ3v) is 13.7. The number of ether oxygens (including phenoxy) is 2. The largest absolute Gasteiger partial charge is 0.472 e.